The van der Waals surface area contributed by atoms with Crippen molar-refractivity contribution in [2.75, 3.05) is 13.2 Å². The Balaban J connectivity index is 1.46. The van der Waals surface area contributed by atoms with Gasteiger partial charge in [-0.25, -0.2) is 17.5 Å². The summed E-state index contributed by atoms with van der Waals surface area (Å²) in [6.45, 7) is 0.115. The summed E-state index contributed by atoms with van der Waals surface area (Å²) in [5.41, 5.74) is 1.33. The van der Waals surface area contributed by atoms with E-state index in [0.29, 0.717) is 11.3 Å². The predicted molar refractivity (Wildman–Crippen MR) is 102 cm³/mol. The number of fused-ring (bicyclic) bond motifs is 1. The van der Waals surface area contributed by atoms with Gasteiger partial charge in [-0.15, -0.1) is 0 Å². The third-order valence-corrected chi connectivity index (χ3v) is 4.96. The number of sulfonamides is 1. The first-order valence-corrected chi connectivity index (χ1v) is 9.82. The molecule has 0 radical (unpaired) electrons. The van der Waals surface area contributed by atoms with Crippen LogP contribution in [0.15, 0.2) is 60.8 Å². The number of benzene rings is 2. The number of rotatable bonds is 6. The van der Waals surface area contributed by atoms with Crippen LogP contribution in [0.1, 0.15) is 5.56 Å². The van der Waals surface area contributed by atoms with E-state index in [2.05, 4.69) is 21.5 Å². The number of pyridine rings is 1. The maximum absolute atomic E-state index is 12.8. The topological polar surface area (TPSA) is 68.3 Å². The minimum atomic E-state index is -3.54. The van der Waals surface area contributed by atoms with Gasteiger partial charge in [0.25, 0.3) is 0 Å². The predicted octanol–water partition coefficient (Wildman–Crippen LogP) is 2.88. The van der Waals surface area contributed by atoms with E-state index in [1.165, 1.54) is 24.3 Å². The van der Waals surface area contributed by atoms with Crippen LogP contribution in [0.25, 0.3) is 10.9 Å². The molecule has 0 unspecified atom stereocenters. The van der Waals surface area contributed by atoms with E-state index in [-0.39, 0.29) is 18.9 Å². The molecule has 1 N–H and O–H groups in total. The summed E-state index contributed by atoms with van der Waals surface area (Å²) in [4.78, 5) is 4.25. The van der Waals surface area contributed by atoms with E-state index in [4.69, 9.17) is 4.74 Å². The van der Waals surface area contributed by atoms with Gasteiger partial charge in [-0.2, -0.15) is 0 Å². The summed E-state index contributed by atoms with van der Waals surface area (Å²) >= 11 is 0. The molecule has 3 aromatic rings. The molecule has 138 valence electrons. The van der Waals surface area contributed by atoms with Crippen LogP contribution in [0.4, 0.5) is 4.39 Å². The lowest BCUT2D eigenvalue weighted by atomic mass is 10.2. The molecule has 0 amide bonds. The van der Waals surface area contributed by atoms with E-state index < -0.39 is 15.8 Å². The van der Waals surface area contributed by atoms with Crippen LogP contribution in [0.2, 0.25) is 0 Å². The number of hydrogen-bond donors (Lipinski definition) is 1. The monoisotopic (exact) mass is 384 g/mol. The van der Waals surface area contributed by atoms with Gasteiger partial charge < -0.3 is 4.74 Å². The van der Waals surface area contributed by atoms with E-state index >= 15 is 0 Å². The molecule has 0 spiro atoms. The Kier molecular flexibility index (Phi) is 6.01. The van der Waals surface area contributed by atoms with Gasteiger partial charge in [0, 0.05) is 17.6 Å². The van der Waals surface area contributed by atoms with Crippen LogP contribution in [0.5, 0.6) is 5.75 Å². The van der Waals surface area contributed by atoms with Crippen LogP contribution in [-0.4, -0.2) is 26.6 Å². The van der Waals surface area contributed by atoms with E-state index in [1.807, 2.05) is 30.3 Å². The Hall–Kier alpha value is -2.95. The maximum atomic E-state index is 12.8. The van der Waals surface area contributed by atoms with E-state index in [9.17, 15) is 12.8 Å². The largest absolute Gasteiger partial charge is 0.481 e. The highest BCUT2D eigenvalue weighted by Crippen LogP contribution is 2.18. The summed E-state index contributed by atoms with van der Waals surface area (Å²) in [5.74, 6) is 5.47. The molecule has 0 saturated carbocycles. The van der Waals surface area contributed by atoms with E-state index in [0.717, 1.165) is 10.9 Å². The lowest BCUT2D eigenvalue weighted by Gasteiger charge is -2.04. The smallest absolute Gasteiger partial charge is 0.216 e. The highest BCUT2D eigenvalue weighted by molar-refractivity contribution is 7.88. The van der Waals surface area contributed by atoms with Crippen molar-refractivity contribution in [1.82, 2.24) is 9.71 Å². The highest BCUT2D eigenvalue weighted by atomic mass is 32.2. The van der Waals surface area contributed by atoms with Crippen molar-refractivity contribution >= 4 is 20.9 Å². The van der Waals surface area contributed by atoms with Crippen LogP contribution < -0.4 is 9.46 Å². The van der Waals surface area contributed by atoms with Gasteiger partial charge in [-0.1, -0.05) is 30.0 Å². The highest BCUT2D eigenvalue weighted by Gasteiger charge is 2.10. The summed E-state index contributed by atoms with van der Waals surface area (Å²) in [7, 11) is -3.54. The van der Waals surface area contributed by atoms with Gasteiger partial charge in [-0.05, 0) is 35.9 Å². The second-order valence-corrected chi connectivity index (χ2v) is 7.51. The molecule has 5 nitrogen and oxygen atoms in total. The molecule has 0 bridgehead atoms. The third-order valence-electron chi connectivity index (χ3n) is 3.66. The molecule has 1 heterocycles. The lowest BCUT2D eigenvalue weighted by Crippen LogP contribution is -2.25. The van der Waals surface area contributed by atoms with Gasteiger partial charge in [0.05, 0.1) is 17.8 Å². The standard InChI is InChI=1S/C20H17FN2O3S/c21-18-8-5-16(6-9-18)15-27(24,25)23-12-1-2-13-26-19-10-7-17-4-3-11-22-20(17)14-19/h3-11,14,23H,12-13,15H2. The Labute approximate surface area is 157 Å². The molecule has 0 atom stereocenters. The lowest BCUT2D eigenvalue weighted by molar-refractivity contribution is 0.370. The number of ether oxygens (including phenoxy) is 1. The molecule has 0 aliphatic carbocycles. The summed E-state index contributed by atoms with van der Waals surface area (Å²) in [6.07, 6.45) is 1.71. The molecular formula is C20H17FN2O3S. The van der Waals surface area contributed by atoms with Crippen LogP contribution >= 0.6 is 0 Å². The first-order chi connectivity index (χ1) is 13.0. The van der Waals surface area contributed by atoms with Crippen molar-refractivity contribution in [3.8, 4) is 17.6 Å². The molecule has 27 heavy (non-hydrogen) atoms. The zero-order chi connectivity index (χ0) is 19.1. The number of nitrogens with zero attached hydrogens (tertiary/aromatic N) is 1. The van der Waals surface area contributed by atoms with Crippen molar-refractivity contribution in [1.29, 1.82) is 0 Å². The van der Waals surface area contributed by atoms with Crippen molar-refractivity contribution in [2.24, 2.45) is 0 Å². The fraction of sp³-hybridized carbons (Fsp3) is 0.150. The SMILES string of the molecule is O=S(=O)(Cc1ccc(F)cc1)NCC#CCOc1ccc2cccnc2c1. The number of nitrogens with one attached hydrogen (secondary N) is 1. The third kappa shape index (κ3) is 5.78. The number of halogens is 1. The molecule has 0 saturated heterocycles. The molecule has 1 aromatic heterocycles. The Bertz CT molecular complexity index is 1090. The minimum Gasteiger partial charge on any atom is -0.481 e. The molecule has 0 aliphatic rings. The van der Waals surface area contributed by atoms with Crippen molar-refractivity contribution in [2.45, 2.75) is 5.75 Å². The number of aromatic nitrogens is 1. The molecule has 3 rings (SSSR count). The Morgan fingerprint density at radius 1 is 1.07 bits per heavy atom. The van der Waals surface area contributed by atoms with Gasteiger partial charge in [-0.3, -0.25) is 4.98 Å². The van der Waals surface area contributed by atoms with Crippen molar-refractivity contribution < 1.29 is 17.5 Å². The average molecular weight is 384 g/mol. The number of hydrogen-bond acceptors (Lipinski definition) is 4. The van der Waals surface area contributed by atoms with Crippen molar-refractivity contribution in [3.63, 3.8) is 0 Å². The maximum Gasteiger partial charge on any atom is 0.216 e. The summed E-state index contributed by atoms with van der Waals surface area (Å²) in [5, 5.41) is 1.02. The second-order valence-electron chi connectivity index (χ2n) is 5.71. The normalized spacial score (nSPS) is 11.0. The van der Waals surface area contributed by atoms with Gasteiger partial charge in [0.2, 0.25) is 10.0 Å². The second kappa shape index (κ2) is 8.62. The fourth-order valence-electron chi connectivity index (χ4n) is 2.37. The zero-order valence-corrected chi connectivity index (χ0v) is 15.2. The van der Waals surface area contributed by atoms with Gasteiger partial charge >= 0.3 is 0 Å². The summed E-state index contributed by atoms with van der Waals surface area (Å²) in [6, 6.07) is 14.7. The quantitative estimate of drug-likeness (QED) is 0.664. The van der Waals surface area contributed by atoms with Crippen LogP contribution in [0, 0.1) is 17.7 Å². The molecule has 7 heteroatoms. The Morgan fingerprint density at radius 3 is 2.70 bits per heavy atom. The fourth-order valence-corrected chi connectivity index (χ4v) is 3.39. The van der Waals surface area contributed by atoms with Crippen LogP contribution in [0.3, 0.4) is 0 Å². The molecular weight excluding hydrogens is 367 g/mol. The molecule has 2 aromatic carbocycles. The first-order valence-electron chi connectivity index (χ1n) is 8.17. The van der Waals surface area contributed by atoms with E-state index in [1.54, 1.807) is 6.20 Å². The first kappa shape index (κ1) is 18.8. The minimum absolute atomic E-state index is 0.0217. The molecule has 0 fully saturated rings. The van der Waals surface area contributed by atoms with Gasteiger partial charge in [0.1, 0.15) is 18.2 Å². The average Bonchev–Trinajstić information content (AvgIpc) is 2.66. The Morgan fingerprint density at radius 2 is 1.89 bits per heavy atom. The zero-order valence-electron chi connectivity index (χ0n) is 14.4. The van der Waals surface area contributed by atoms with Gasteiger partial charge in [0.15, 0.2) is 0 Å². The summed E-state index contributed by atoms with van der Waals surface area (Å²) < 4.78 is 44.7. The molecule has 0 aliphatic heterocycles. The van der Waals surface area contributed by atoms with Crippen LogP contribution in [-0.2, 0) is 15.8 Å². The van der Waals surface area contributed by atoms with Crippen molar-refractivity contribution in [3.05, 3.63) is 72.2 Å².